The Hall–Kier alpha value is -2.91. The van der Waals surface area contributed by atoms with Crippen molar-refractivity contribution in [1.29, 1.82) is 0 Å². The fourth-order valence-corrected chi connectivity index (χ4v) is 4.85. The molecule has 0 unspecified atom stereocenters. The van der Waals surface area contributed by atoms with Crippen molar-refractivity contribution in [3.05, 3.63) is 26.7 Å². The summed E-state index contributed by atoms with van der Waals surface area (Å²) < 4.78 is 8.62. The van der Waals surface area contributed by atoms with Crippen LogP contribution in [0.1, 0.15) is 84.9 Å². The van der Waals surface area contributed by atoms with Crippen LogP contribution >= 0.6 is 0 Å². The lowest BCUT2D eigenvalue weighted by Crippen LogP contribution is -2.56. The van der Waals surface area contributed by atoms with Crippen LogP contribution in [0, 0.1) is 5.92 Å². The first-order valence-electron chi connectivity index (χ1n) is 12.9. The molecule has 2 heterocycles. The highest BCUT2D eigenvalue weighted by molar-refractivity contribution is 5.88. The molecule has 0 bridgehead atoms. The van der Waals surface area contributed by atoms with Crippen LogP contribution in [0.2, 0.25) is 0 Å². The molecule has 0 aliphatic heterocycles. The third kappa shape index (κ3) is 6.02. The third-order valence-electron chi connectivity index (χ3n) is 6.58. The summed E-state index contributed by atoms with van der Waals surface area (Å²) in [5.41, 5.74) is -1.19. The summed E-state index contributed by atoms with van der Waals surface area (Å²) in [6, 6.07) is 0. The van der Waals surface area contributed by atoms with Gasteiger partial charge in [-0.05, 0) is 32.1 Å². The van der Waals surface area contributed by atoms with Gasteiger partial charge in [-0.2, -0.15) is 0 Å². The van der Waals surface area contributed by atoms with E-state index in [1.807, 2.05) is 25.3 Å². The Kier molecular flexibility index (Phi) is 8.91. The third-order valence-corrected chi connectivity index (χ3v) is 6.58. The molecule has 10 heteroatoms. The lowest BCUT2D eigenvalue weighted by Gasteiger charge is -2.35. The largest absolute Gasteiger partial charge is 0.464 e. The summed E-state index contributed by atoms with van der Waals surface area (Å²) in [6.45, 7) is 9.13. The Morgan fingerprint density at radius 2 is 1.86 bits per heavy atom. The number of imidazole rings is 1. The summed E-state index contributed by atoms with van der Waals surface area (Å²) in [6.07, 6.45) is 5.98. The number of unbranched alkanes of at least 4 members (excludes halogenated alkanes) is 1. The lowest BCUT2D eigenvalue weighted by molar-refractivity contribution is -0.155. The van der Waals surface area contributed by atoms with Crippen LogP contribution in [0.5, 0.6) is 0 Å². The number of hydrogen-bond donors (Lipinski definition) is 2. The van der Waals surface area contributed by atoms with Gasteiger partial charge in [0.05, 0.1) is 6.61 Å². The van der Waals surface area contributed by atoms with Gasteiger partial charge in [0.15, 0.2) is 11.2 Å². The molecule has 0 spiro atoms. The summed E-state index contributed by atoms with van der Waals surface area (Å²) in [4.78, 5) is 58.0. The minimum absolute atomic E-state index is 0.111. The van der Waals surface area contributed by atoms with Crippen molar-refractivity contribution in [2.45, 2.75) is 104 Å². The van der Waals surface area contributed by atoms with E-state index in [1.54, 1.807) is 6.92 Å². The second kappa shape index (κ2) is 11.7. The summed E-state index contributed by atoms with van der Waals surface area (Å²) in [5.74, 6) is 0.190. The highest BCUT2D eigenvalue weighted by Gasteiger charge is 2.42. The Morgan fingerprint density at radius 3 is 2.49 bits per heavy atom. The second-order valence-electron chi connectivity index (χ2n) is 9.88. The normalized spacial score (nSPS) is 15.5. The zero-order valence-corrected chi connectivity index (χ0v) is 21.4. The van der Waals surface area contributed by atoms with Gasteiger partial charge in [0.1, 0.15) is 11.4 Å². The first-order chi connectivity index (χ1) is 16.7. The molecule has 194 valence electrons. The van der Waals surface area contributed by atoms with Gasteiger partial charge in [-0.3, -0.25) is 19.1 Å². The number of carbonyl (C=O) groups excluding carboxylic acids is 2. The SMILES string of the molecule is CCCCn1c(=O)[nH]c(=O)c2c1nc(CCC(=O)NC1(C(=O)OCC)CCCCC1)n2CC(C)C. The van der Waals surface area contributed by atoms with Crippen molar-refractivity contribution >= 4 is 23.0 Å². The average molecular weight is 490 g/mol. The van der Waals surface area contributed by atoms with Gasteiger partial charge in [0, 0.05) is 25.9 Å². The predicted octanol–water partition coefficient (Wildman–Crippen LogP) is 2.66. The standard InChI is InChI=1S/C25H39N5O5/c1-5-7-15-29-21-20(22(32)27-24(29)34)30(16-17(3)4)18(26-21)11-12-19(31)28-25(23(33)35-6-2)13-9-8-10-14-25/h17H,5-16H2,1-4H3,(H,28,31)(H,27,32,34). The number of aromatic amines is 1. The topological polar surface area (TPSA) is 128 Å². The minimum atomic E-state index is -0.971. The molecule has 2 aromatic heterocycles. The number of rotatable bonds is 11. The number of aromatic nitrogens is 4. The highest BCUT2D eigenvalue weighted by atomic mass is 16.5. The number of nitrogens with one attached hydrogen (secondary N) is 2. The van der Waals surface area contributed by atoms with E-state index in [1.165, 1.54) is 4.57 Å². The van der Waals surface area contributed by atoms with Gasteiger partial charge in [0.25, 0.3) is 5.56 Å². The van der Waals surface area contributed by atoms with Crippen molar-refractivity contribution in [1.82, 2.24) is 24.4 Å². The number of nitrogens with zero attached hydrogens (tertiary/aromatic N) is 3. The molecule has 0 saturated heterocycles. The number of H-pyrrole nitrogens is 1. The molecule has 35 heavy (non-hydrogen) atoms. The second-order valence-corrected chi connectivity index (χ2v) is 9.88. The average Bonchev–Trinajstić information content (AvgIpc) is 3.16. The first-order valence-corrected chi connectivity index (χ1v) is 12.9. The van der Waals surface area contributed by atoms with Gasteiger partial charge in [-0.1, -0.05) is 46.5 Å². The Balaban J connectivity index is 1.89. The molecule has 1 amide bonds. The number of amides is 1. The van der Waals surface area contributed by atoms with Crippen LogP contribution in [-0.2, 0) is 33.8 Å². The number of carbonyl (C=O) groups is 2. The van der Waals surface area contributed by atoms with Gasteiger partial charge in [-0.15, -0.1) is 0 Å². The van der Waals surface area contributed by atoms with Crippen molar-refractivity contribution in [2.24, 2.45) is 5.92 Å². The van der Waals surface area contributed by atoms with E-state index in [0.717, 1.165) is 32.1 Å². The van der Waals surface area contributed by atoms with E-state index in [2.05, 4.69) is 15.3 Å². The number of fused-ring (bicyclic) bond motifs is 1. The van der Waals surface area contributed by atoms with E-state index in [0.29, 0.717) is 42.9 Å². The summed E-state index contributed by atoms with van der Waals surface area (Å²) >= 11 is 0. The van der Waals surface area contributed by atoms with Gasteiger partial charge < -0.3 is 14.6 Å². The fourth-order valence-electron chi connectivity index (χ4n) is 4.85. The first kappa shape index (κ1) is 26.7. The van der Waals surface area contributed by atoms with Crippen molar-refractivity contribution in [3.8, 4) is 0 Å². The van der Waals surface area contributed by atoms with Crippen LogP contribution in [0.3, 0.4) is 0 Å². The predicted molar refractivity (Wildman–Crippen MR) is 133 cm³/mol. The molecular weight excluding hydrogens is 450 g/mol. The molecule has 2 aromatic rings. The van der Waals surface area contributed by atoms with Crippen LogP contribution in [0.15, 0.2) is 9.59 Å². The van der Waals surface area contributed by atoms with Gasteiger partial charge in [0.2, 0.25) is 5.91 Å². The maximum absolute atomic E-state index is 13.0. The number of hydrogen-bond acceptors (Lipinski definition) is 6. The maximum atomic E-state index is 13.0. The molecule has 1 saturated carbocycles. The van der Waals surface area contributed by atoms with E-state index in [4.69, 9.17) is 4.74 Å². The molecule has 10 nitrogen and oxygen atoms in total. The van der Waals surface area contributed by atoms with Crippen molar-refractivity contribution < 1.29 is 14.3 Å². The molecule has 3 rings (SSSR count). The van der Waals surface area contributed by atoms with E-state index >= 15 is 0 Å². The summed E-state index contributed by atoms with van der Waals surface area (Å²) in [7, 11) is 0. The highest BCUT2D eigenvalue weighted by Crippen LogP contribution is 2.30. The molecule has 0 aromatic carbocycles. The van der Waals surface area contributed by atoms with Crippen LogP contribution in [0.25, 0.3) is 11.2 Å². The smallest absolute Gasteiger partial charge is 0.331 e. The number of esters is 1. The monoisotopic (exact) mass is 489 g/mol. The number of ether oxygens (including phenoxy) is 1. The summed E-state index contributed by atoms with van der Waals surface area (Å²) in [5, 5.41) is 2.97. The van der Waals surface area contributed by atoms with E-state index in [9.17, 15) is 19.2 Å². The molecule has 1 fully saturated rings. The molecule has 2 N–H and O–H groups in total. The minimum Gasteiger partial charge on any atom is -0.464 e. The molecule has 0 atom stereocenters. The fraction of sp³-hybridized carbons (Fsp3) is 0.720. The quantitative estimate of drug-likeness (QED) is 0.467. The zero-order valence-electron chi connectivity index (χ0n) is 21.4. The lowest BCUT2D eigenvalue weighted by atomic mass is 9.81. The van der Waals surface area contributed by atoms with Crippen LogP contribution in [-0.4, -0.2) is 43.1 Å². The molecule has 1 aliphatic carbocycles. The Labute approximate surface area is 205 Å². The van der Waals surface area contributed by atoms with E-state index < -0.39 is 16.8 Å². The van der Waals surface area contributed by atoms with Gasteiger partial charge >= 0.3 is 11.7 Å². The number of aryl methyl sites for hydroxylation is 2. The van der Waals surface area contributed by atoms with Crippen LogP contribution in [0.4, 0.5) is 0 Å². The zero-order chi connectivity index (χ0) is 25.6. The van der Waals surface area contributed by atoms with Crippen molar-refractivity contribution in [3.63, 3.8) is 0 Å². The Morgan fingerprint density at radius 1 is 1.14 bits per heavy atom. The molecular formula is C25H39N5O5. The molecule has 1 aliphatic rings. The maximum Gasteiger partial charge on any atom is 0.331 e. The molecule has 0 radical (unpaired) electrons. The Bertz CT molecular complexity index is 1150. The van der Waals surface area contributed by atoms with Crippen molar-refractivity contribution in [2.75, 3.05) is 6.61 Å². The van der Waals surface area contributed by atoms with Gasteiger partial charge in [-0.25, -0.2) is 14.6 Å². The van der Waals surface area contributed by atoms with E-state index in [-0.39, 0.29) is 37.2 Å². The van der Waals surface area contributed by atoms with Crippen LogP contribution < -0.4 is 16.6 Å².